The van der Waals surface area contributed by atoms with Gasteiger partial charge in [-0.1, -0.05) is 34.0 Å². The van der Waals surface area contributed by atoms with Crippen LogP contribution < -0.4 is 31.5 Å². The molecular formula is C64H63FN20S3. The van der Waals surface area contributed by atoms with Crippen molar-refractivity contribution >= 4 is 108 Å². The molecule has 12 aromatic rings. The Kier molecular flexibility index (Phi) is 14.7. The molecule has 10 aromatic heterocycles. The Bertz CT molecular complexity index is 4700. The number of benzene rings is 2. The molecule has 88 heavy (non-hydrogen) atoms. The third-order valence-corrected chi connectivity index (χ3v) is 20.8. The molecule has 15 heterocycles. The molecule has 0 radical (unpaired) electrons. The van der Waals surface area contributed by atoms with E-state index in [2.05, 4.69) is 92.9 Å². The fourth-order valence-corrected chi connectivity index (χ4v) is 16.5. The molecular weight excluding hydrogens is 1160 g/mol. The number of nitrogens with one attached hydrogen (secondary N) is 5. The van der Waals surface area contributed by atoms with Gasteiger partial charge in [0.05, 0.1) is 66.6 Å². The quantitative estimate of drug-likeness (QED) is 0.0902. The van der Waals surface area contributed by atoms with Gasteiger partial charge in [-0.3, -0.25) is 24.3 Å². The normalized spacial score (nSPS) is 20.7. The molecule has 4 bridgehead atoms. The van der Waals surface area contributed by atoms with Gasteiger partial charge in [0, 0.05) is 116 Å². The SMILES string of the molecule is CN(c1nc2cnc(-c3cc(C#N)c4nn(C)cc4c3)cc2s1)C1CCNCC1.Cc1cn2cc(-c3cc4sc(NC5CC6CCC(C5)N6)nc4cn3)cc(F)c2n1.Cn1cc2cc(-c3cc4sc(NC5CC6CCC(C5)N6)nc4cn3)cc(C#N)c2n1. The Morgan fingerprint density at radius 2 is 1.06 bits per heavy atom. The summed E-state index contributed by atoms with van der Waals surface area (Å²) >= 11 is 5.01. The zero-order valence-corrected chi connectivity index (χ0v) is 51.4. The first-order chi connectivity index (χ1) is 42.9. The summed E-state index contributed by atoms with van der Waals surface area (Å²) in [6.07, 6.45) is 25.1. The standard InChI is InChI=1S/C22H21N7S.C21H21FN6S.C21H21N7S/c1-29-11-14-5-12(4-13(9-23)21(14)28-29)18-8-20-19(10-24-18)27-22(30-20)26-17-6-15-2-3-16(7-17)25-15;1-11-9-28-10-12(4-16(22)20(28)24-11)17-7-19-18(8-23-17)27-21(29-19)26-15-5-13-2-3-14(6-15)25-13;1-27-12-15-8-13(7-14(10-22)20(15)26-27)17-9-19-18(11-24-17)25-21(29-19)28(2)16-3-5-23-6-4-16/h4-5,8,10-11,15-17,25H,2-3,6-7H2,1H3,(H,26,27);4,7-10,13-15,25H,2-3,5-6H2,1H3,(H,26,27);7-9,11-12,16,23H,3-6H2,1-2H3. The predicted octanol–water partition coefficient (Wildman–Crippen LogP) is 11.3. The number of fused-ring (bicyclic) bond motifs is 10. The van der Waals surface area contributed by atoms with E-state index in [9.17, 15) is 14.9 Å². The largest absolute Gasteiger partial charge is 0.359 e. The number of aryl methyl sites for hydroxylation is 3. The Morgan fingerprint density at radius 3 is 1.56 bits per heavy atom. The van der Waals surface area contributed by atoms with E-state index in [1.54, 1.807) is 54.0 Å². The van der Waals surface area contributed by atoms with Crippen molar-refractivity contribution in [3.63, 3.8) is 0 Å². The van der Waals surface area contributed by atoms with E-state index in [0.717, 1.165) is 159 Å². The number of nitrogens with zero attached hydrogens (tertiary/aromatic N) is 15. The minimum absolute atomic E-state index is 0.340. The van der Waals surface area contributed by atoms with Gasteiger partial charge in [-0.05, 0) is 133 Å². The van der Waals surface area contributed by atoms with E-state index in [4.69, 9.17) is 15.0 Å². The van der Waals surface area contributed by atoms with E-state index in [1.165, 1.54) is 31.7 Å². The van der Waals surface area contributed by atoms with Gasteiger partial charge in [0.2, 0.25) is 0 Å². The Morgan fingerprint density at radius 1 is 0.580 bits per heavy atom. The van der Waals surface area contributed by atoms with E-state index in [1.807, 2.05) is 88.5 Å². The predicted molar refractivity (Wildman–Crippen MR) is 347 cm³/mol. The molecule has 24 heteroatoms. The van der Waals surface area contributed by atoms with Crippen LogP contribution in [-0.2, 0) is 14.1 Å². The van der Waals surface area contributed by atoms with Gasteiger partial charge in [-0.15, -0.1) is 0 Å². The number of halogens is 1. The van der Waals surface area contributed by atoms with Crippen molar-refractivity contribution in [2.75, 3.05) is 35.7 Å². The van der Waals surface area contributed by atoms with Crippen LogP contribution in [0.4, 0.5) is 19.8 Å². The molecule has 4 unspecified atom stereocenters. The summed E-state index contributed by atoms with van der Waals surface area (Å²) in [4.78, 5) is 34.6. The van der Waals surface area contributed by atoms with Gasteiger partial charge in [0.15, 0.2) is 26.9 Å². The molecule has 2 aromatic carbocycles. The first-order valence-electron chi connectivity index (χ1n) is 30.1. The van der Waals surface area contributed by atoms with Gasteiger partial charge in [0.1, 0.15) is 39.7 Å². The molecule has 444 valence electrons. The van der Waals surface area contributed by atoms with Crippen LogP contribution in [0.3, 0.4) is 0 Å². The fraction of sp³-hybridized carbons (Fsp3) is 0.359. The second kappa shape index (κ2) is 23.2. The number of pyridine rings is 4. The lowest BCUT2D eigenvalue weighted by atomic mass is 10.0. The van der Waals surface area contributed by atoms with Crippen LogP contribution in [0, 0.1) is 35.4 Å². The van der Waals surface area contributed by atoms with Gasteiger partial charge < -0.3 is 35.9 Å². The van der Waals surface area contributed by atoms with Crippen LogP contribution in [0.15, 0.2) is 91.9 Å². The number of nitriles is 2. The van der Waals surface area contributed by atoms with Gasteiger partial charge in [-0.25, -0.2) is 24.3 Å². The highest BCUT2D eigenvalue weighted by atomic mass is 32.1. The summed E-state index contributed by atoms with van der Waals surface area (Å²) < 4.78 is 22.9. The highest BCUT2D eigenvalue weighted by Crippen LogP contribution is 2.38. The molecule has 0 aliphatic carbocycles. The maximum Gasteiger partial charge on any atom is 0.186 e. The van der Waals surface area contributed by atoms with Crippen molar-refractivity contribution in [1.82, 2.24) is 74.8 Å². The summed E-state index contributed by atoms with van der Waals surface area (Å²) in [6.45, 7) is 3.98. The summed E-state index contributed by atoms with van der Waals surface area (Å²) in [5.41, 5.74) is 11.4. The summed E-state index contributed by atoms with van der Waals surface area (Å²) in [5, 5.41) is 50.8. The van der Waals surface area contributed by atoms with E-state index >= 15 is 0 Å². The lowest BCUT2D eigenvalue weighted by Gasteiger charge is -2.31. The molecule has 5 saturated heterocycles. The molecule has 5 N–H and O–H groups in total. The zero-order chi connectivity index (χ0) is 59.7. The Labute approximate surface area is 517 Å². The number of hydrogen-bond donors (Lipinski definition) is 5. The molecule has 4 atom stereocenters. The van der Waals surface area contributed by atoms with E-state index < -0.39 is 0 Å². The Hall–Kier alpha value is -8.62. The first-order valence-corrected chi connectivity index (χ1v) is 32.5. The molecule has 5 aliphatic rings. The number of piperidine rings is 3. The van der Waals surface area contributed by atoms with Crippen LogP contribution in [0.1, 0.15) is 81.0 Å². The zero-order valence-electron chi connectivity index (χ0n) is 49.0. The summed E-state index contributed by atoms with van der Waals surface area (Å²) in [6, 6.07) is 24.1. The van der Waals surface area contributed by atoms with Crippen molar-refractivity contribution in [2.24, 2.45) is 14.1 Å². The number of hydrogen-bond acceptors (Lipinski definition) is 20. The van der Waals surface area contributed by atoms with E-state index in [0.29, 0.717) is 59.1 Å². The van der Waals surface area contributed by atoms with Crippen molar-refractivity contribution in [3.8, 4) is 45.9 Å². The average molecular weight is 1230 g/mol. The van der Waals surface area contributed by atoms with Crippen molar-refractivity contribution in [2.45, 2.75) is 113 Å². The van der Waals surface area contributed by atoms with Crippen molar-refractivity contribution < 1.29 is 4.39 Å². The number of anilines is 3. The number of thiazole rings is 3. The molecule has 0 saturated carbocycles. The first kappa shape index (κ1) is 55.9. The third kappa shape index (κ3) is 11.2. The third-order valence-electron chi connectivity index (χ3n) is 17.8. The molecule has 5 aliphatic heterocycles. The van der Waals surface area contributed by atoms with Gasteiger partial charge >= 0.3 is 0 Å². The van der Waals surface area contributed by atoms with Crippen LogP contribution >= 0.6 is 34.0 Å². The van der Waals surface area contributed by atoms with Crippen LogP contribution in [0.5, 0.6) is 0 Å². The van der Waals surface area contributed by atoms with Gasteiger partial charge in [-0.2, -0.15) is 20.7 Å². The second-order valence-electron chi connectivity index (χ2n) is 24.1. The van der Waals surface area contributed by atoms with Crippen LogP contribution in [0.2, 0.25) is 0 Å². The molecule has 0 amide bonds. The minimum atomic E-state index is -0.343. The topological polar surface area (TPSA) is 241 Å². The molecule has 5 fully saturated rings. The van der Waals surface area contributed by atoms with Crippen LogP contribution in [0.25, 0.3) is 91.9 Å². The summed E-state index contributed by atoms with van der Waals surface area (Å²) in [5.74, 6) is -0.343. The number of imidazole rings is 1. The minimum Gasteiger partial charge on any atom is -0.359 e. The molecule has 0 spiro atoms. The fourth-order valence-electron chi connectivity index (χ4n) is 13.6. The van der Waals surface area contributed by atoms with Gasteiger partial charge in [0.25, 0.3) is 0 Å². The molecule has 17 rings (SSSR count). The van der Waals surface area contributed by atoms with E-state index in [-0.39, 0.29) is 5.82 Å². The molecule has 20 nitrogen and oxygen atoms in total. The maximum absolute atomic E-state index is 14.5. The maximum atomic E-state index is 14.5. The monoisotopic (exact) mass is 1230 g/mol. The number of rotatable bonds is 9. The lowest BCUT2D eigenvalue weighted by Crippen LogP contribution is -2.43. The highest BCUT2D eigenvalue weighted by molar-refractivity contribution is 7.23. The van der Waals surface area contributed by atoms with Crippen LogP contribution in [-0.4, -0.2) is 121 Å². The highest BCUT2D eigenvalue weighted by Gasteiger charge is 2.35. The van der Waals surface area contributed by atoms with Crippen molar-refractivity contribution in [1.29, 1.82) is 10.5 Å². The lowest BCUT2D eigenvalue weighted by molar-refractivity contribution is 0.378. The van der Waals surface area contributed by atoms with Crippen molar-refractivity contribution in [3.05, 3.63) is 115 Å². The Balaban J connectivity index is 0.000000111. The second-order valence-corrected chi connectivity index (χ2v) is 27.2. The average Bonchev–Trinajstić information content (AvgIpc) is 3.58. The summed E-state index contributed by atoms with van der Waals surface area (Å²) in [7, 11) is 5.87. The smallest absolute Gasteiger partial charge is 0.186 e. The number of aromatic nitrogens is 12.